The molecule has 4 atom stereocenters. The summed E-state index contributed by atoms with van der Waals surface area (Å²) >= 11 is 0. The Hall–Kier alpha value is -4.23. The highest BCUT2D eigenvalue weighted by molar-refractivity contribution is 5.83. The first-order chi connectivity index (χ1) is 26.3. The van der Waals surface area contributed by atoms with Crippen LogP contribution in [-0.2, 0) is 28.0 Å². The molecule has 1 saturated heterocycles. The fraction of sp³-hybridized carbons (Fsp3) is 0.634. The van der Waals surface area contributed by atoms with Gasteiger partial charge in [-0.15, -0.1) is 0 Å². The van der Waals surface area contributed by atoms with Crippen LogP contribution in [0.2, 0.25) is 0 Å². The molecule has 4 aliphatic heterocycles. The van der Waals surface area contributed by atoms with Crippen LogP contribution >= 0.6 is 0 Å². The van der Waals surface area contributed by atoms with Gasteiger partial charge >= 0.3 is 0 Å². The van der Waals surface area contributed by atoms with E-state index in [0.29, 0.717) is 81.3 Å². The van der Waals surface area contributed by atoms with Gasteiger partial charge in [-0.1, -0.05) is 6.92 Å². The van der Waals surface area contributed by atoms with E-state index >= 15 is 0 Å². The van der Waals surface area contributed by atoms with Crippen molar-refractivity contribution < 1.29 is 28.5 Å². The van der Waals surface area contributed by atoms with Crippen LogP contribution in [-0.4, -0.2) is 138 Å². The third kappa shape index (κ3) is 6.71. The second-order valence-electron chi connectivity index (χ2n) is 15.2. The predicted octanol–water partition coefficient (Wildman–Crippen LogP) is 3.05. The third-order valence-electron chi connectivity index (χ3n) is 12.8. The van der Waals surface area contributed by atoms with E-state index in [1.54, 1.807) is 28.4 Å². The van der Waals surface area contributed by atoms with E-state index in [-0.39, 0.29) is 29.7 Å². The van der Waals surface area contributed by atoms with Crippen molar-refractivity contribution in [2.24, 2.45) is 16.8 Å². The maximum Gasteiger partial charge on any atom is 0.225 e. The fourth-order valence-corrected chi connectivity index (χ4v) is 10.2. The molecule has 2 aromatic carbocycles. The van der Waals surface area contributed by atoms with Gasteiger partial charge in [0.1, 0.15) is 0 Å². The van der Waals surface area contributed by atoms with Crippen LogP contribution in [0.15, 0.2) is 29.3 Å². The Labute approximate surface area is 320 Å². The van der Waals surface area contributed by atoms with Gasteiger partial charge < -0.3 is 44.3 Å². The zero-order valence-corrected chi connectivity index (χ0v) is 33.0. The topological polar surface area (TPSA) is 120 Å². The fourth-order valence-electron chi connectivity index (χ4n) is 10.2. The lowest BCUT2D eigenvalue weighted by atomic mass is 9.58. The number of amides is 2. The molecule has 1 unspecified atom stereocenters. The van der Waals surface area contributed by atoms with Crippen molar-refractivity contribution in [2.75, 3.05) is 101 Å². The zero-order chi connectivity index (χ0) is 38.0. The molecule has 7 rings (SSSR count). The number of piperazine rings is 1. The molecule has 13 heteroatoms. The molecule has 4 heterocycles. The Kier molecular flexibility index (Phi) is 11.4. The number of hydrogen-bond donors (Lipinski definition) is 2. The van der Waals surface area contributed by atoms with Gasteiger partial charge in [-0.05, 0) is 92.2 Å². The Morgan fingerprint density at radius 3 is 2.20 bits per heavy atom. The minimum Gasteiger partial charge on any atom is -0.493 e. The number of nitrogens with one attached hydrogen (secondary N) is 2. The lowest BCUT2D eigenvalue weighted by Gasteiger charge is -2.59. The zero-order valence-electron chi connectivity index (χ0n) is 33.0. The smallest absolute Gasteiger partial charge is 0.225 e. The average molecular weight is 746 g/mol. The molecule has 0 aromatic heterocycles. The van der Waals surface area contributed by atoms with Crippen LogP contribution in [0.25, 0.3) is 0 Å². The van der Waals surface area contributed by atoms with E-state index in [9.17, 15) is 9.59 Å². The van der Waals surface area contributed by atoms with Gasteiger partial charge in [0, 0.05) is 76.7 Å². The minimum absolute atomic E-state index is 0.0869. The summed E-state index contributed by atoms with van der Waals surface area (Å²) in [6, 6.07) is 8.45. The number of methoxy groups -OCH3 is 4. The van der Waals surface area contributed by atoms with Crippen LogP contribution in [0, 0.1) is 11.8 Å². The molecule has 13 nitrogen and oxygen atoms in total. The maximum atomic E-state index is 14.7. The highest BCUT2D eigenvalue weighted by Gasteiger charge is 2.58. The minimum atomic E-state index is -0.695. The van der Waals surface area contributed by atoms with Gasteiger partial charge in [0.05, 0.1) is 40.5 Å². The Bertz CT molecular complexity index is 1730. The quantitative estimate of drug-likeness (QED) is 0.376. The van der Waals surface area contributed by atoms with E-state index < -0.39 is 5.54 Å². The van der Waals surface area contributed by atoms with Crippen LogP contribution in [0.5, 0.6) is 23.0 Å². The Balaban J connectivity index is 1.36. The van der Waals surface area contributed by atoms with Crippen molar-refractivity contribution in [1.82, 2.24) is 30.2 Å². The molecule has 294 valence electrons. The lowest BCUT2D eigenvalue weighted by Crippen LogP contribution is -2.63. The van der Waals surface area contributed by atoms with E-state index in [1.807, 2.05) is 7.05 Å². The van der Waals surface area contributed by atoms with Gasteiger partial charge in [0.2, 0.25) is 11.8 Å². The highest BCUT2D eigenvalue weighted by Crippen LogP contribution is 2.59. The van der Waals surface area contributed by atoms with E-state index in [2.05, 4.69) is 66.4 Å². The molecule has 1 saturated carbocycles. The van der Waals surface area contributed by atoms with Gasteiger partial charge in [0.25, 0.3) is 0 Å². The number of carbonyl (C=O) groups is 2. The number of nitrogens with zero attached hydrogens (tertiary/aromatic N) is 5. The van der Waals surface area contributed by atoms with Crippen molar-refractivity contribution in [1.29, 1.82) is 0 Å². The largest absolute Gasteiger partial charge is 0.493 e. The molecule has 0 bridgehead atoms. The second-order valence-corrected chi connectivity index (χ2v) is 15.2. The van der Waals surface area contributed by atoms with Gasteiger partial charge in [-0.3, -0.25) is 19.5 Å². The summed E-state index contributed by atoms with van der Waals surface area (Å²) in [5, 5.41) is 6.59. The predicted molar refractivity (Wildman–Crippen MR) is 208 cm³/mol. The van der Waals surface area contributed by atoms with Gasteiger partial charge in [-0.25, -0.2) is 0 Å². The first-order valence-corrected chi connectivity index (χ1v) is 19.8. The van der Waals surface area contributed by atoms with Crippen LogP contribution < -0.4 is 29.6 Å². The summed E-state index contributed by atoms with van der Waals surface area (Å²) in [4.78, 5) is 43.1. The number of rotatable bonds is 10. The molecule has 1 aliphatic carbocycles. The van der Waals surface area contributed by atoms with Crippen molar-refractivity contribution in [3.05, 3.63) is 46.5 Å². The molecule has 54 heavy (non-hydrogen) atoms. The number of hydrogen-bond acceptors (Lipinski definition) is 11. The molecule has 5 aliphatic rings. The summed E-state index contributed by atoms with van der Waals surface area (Å²) in [5.74, 6) is 3.75. The average Bonchev–Trinajstić information content (AvgIpc) is 3.77. The standard InChI is InChI=1S/C41H59N7O6/c1-7-45-16-10-27-23-33(51-3)35(53-5)25-30(27)38(45)32-22-29(39(50)46-18-20-47(21-19-46)40-43-14-15-44-40)8-12-41(32)31-26-36(54-6)34(52-4)24-28(31)11-17-48(41)37(49)9-13-42-2/h23-26,29,32,38,42H,7-22H2,1-6H3,(H,43,44)/t29-,32-,38?,41+/m1/s1. The van der Waals surface area contributed by atoms with Crippen molar-refractivity contribution >= 4 is 17.8 Å². The van der Waals surface area contributed by atoms with Gasteiger partial charge in [0.15, 0.2) is 29.0 Å². The molecule has 0 radical (unpaired) electrons. The monoisotopic (exact) mass is 745 g/mol. The molecule has 2 amide bonds. The SMILES string of the molecule is CCN1CCc2cc(OC)c(OC)cc2C1[C@H]1C[C@H](C(=O)N2CCN(C3=NCCN3)CC2)CC[C@]12c1cc(OC)c(OC)cc1CCN2C(=O)CCNC. The summed E-state index contributed by atoms with van der Waals surface area (Å²) in [5.41, 5.74) is 4.00. The lowest BCUT2D eigenvalue weighted by molar-refractivity contribution is -0.153. The first-order valence-electron chi connectivity index (χ1n) is 19.8. The number of benzene rings is 2. The van der Waals surface area contributed by atoms with Crippen LogP contribution in [0.1, 0.15) is 60.9 Å². The Morgan fingerprint density at radius 2 is 1.56 bits per heavy atom. The number of ether oxygens (including phenoxy) is 4. The molecular formula is C41H59N7O6. The number of fused-ring (bicyclic) bond motifs is 3. The third-order valence-corrected chi connectivity index (χ3v) is 12.8. The molecule has 2 N–H and O–H groups in total. The number of carbonyl (C=O) groups excluding carboxylic acids is 2. The summed E-state index contributed by atoms with van der Waals surface area (Å²) in [6.45, 7) is 9.64. The van der Waals surface area contributed by atoms with E-state index in [1.165, 1.54) is 16.7 Å². The summed E-state index contributed by atoms with van der Waals surface area (Å²) in [6.07, 6.45) is 3.98. The van der Waals surface area contributed by atoms with Crippen LogP contribution in [0.3, 0.4) is 0 Å². The highest BCUT2D eigenvalue weighted by atomic mass is 16.5. The second kappa shape index (κ2) is 16.2. The normalized spacial score (nSPS) is 25.4. The molecule has 2 aromatic rings. The molecule has 1 spiro atoms. The molecular weight excluding hydrogens is 686 g/mol. The van der Waals surface area contributed by atoms with E-state index in [0.717, 1.165) is 57.2 Å². The van der Waals surface area contributed by atoms with E-state index in [4.69, 9.17) is 18.9 Å². The maximum absolute atomic E-state index is 14.7. The first kappa shape index (κ1) is 38.1. The molecule has 2 fully saturated rings. The van der Waals surface area contributed by atoms with Crippen molar-refractivity contribution in [3.63, 3.8) is 0 Å². The number of aliphatic imine (C=N–C) groups is 1. The summed E-state index contributed by atoms with van der Waals surface area (Å²) < 4.78 is 23.5. The summed E-state index contributed by atoms with van der Waals surface area (Å²) in [7, 11) is 8.61. The van der Waals surface area contributed by atoms with Crippen molar-refractivity contribution in [3.8, 4) is 23.0 Å². The van der Waals surface area contributed by atoms with Crippen molar-refractivity contribution in [2.45, 2.75) is 57.0 Å². The number of likely N-dealkylation sites (N-methyl/N-ethyl adjacent to an activating group) is 1. The Morgan fingerprint density at radius 1 is 0.889 bits per heavy atom. The number of guanidine groups is 1. The van der Waals surface area contributed by atoms with Gasteiger partial charge in [-0.2, -0.15) is 0 Å². The van der Waals surface area contributed by atoms with Crippen LogP contribution in [0.4, 0.5) is 0 Å².